The van der Waals surface area contributed by atoms with E-state index in [0.29, 0.717) is 0 Å². The third kappa shape index (κ3) is 4.19. The minimum Gasteiger partial charge on any atom is -0.385 e. The molecule has 1 aliphatic rings. The summed E-state index contributed by atoms with van der Waals surface area (Å²) in [5.74, 6) is 0. The molecule has 0 N–H and O–H groups in total. The Bertz CT molecular complexity index is 171. The Morgan fingerprint density at radius 3 is 1.88 bits per heavy atom. The molecule has 1 aliphatic carbocycles. The van der Waals surface area contributed by atoms with Gasteiger partial charge in [-0.3, -0.25) is 0 Å². The number of ether oxygens (including phenoxy) is 2. The summed E-state index contributed by atoms with van der Waals surface area (Å²) in [4.78, 5) is 0. The van der Waals surface area contributed by atoms with Gasteiger partial charge in [0.05, 0.1) is 0 Å². The fraction of sp³-hybridized carbons (Fsp3) is 1.00. The van der Waals surface area contributed by atoms with Gasteiger partial charge in [0.25, 0.3) is 0 Å². The van der Waals surface area contributed by atoms with E-state index in [2.05, 4.69) is 20.4 Å². The zero-order chi connectivity index (χ0) is 11.9. The lowest BCUT2D eigenvalue weighted by atomic mass is 10.0. The highest BCUT2D eigenvalue weighted by atomic mass is 28.3. The molecule has 1 saturated carbocycles. The van der Waals surface area contributed by atoms with Gasteiger partial charge >= 0.3 is 0 Å². The van der Waals surface area contributed by atoms with E-state index in [1.807, 2.05) is 0 Å². The maximum absolute atomic E-state index is 5.73. The van der Waals surface area contributed by atoms with Crippen LogP contribution in [0.15, 0.2) is 0 Å². The lowest BCUT2D eigenvalue weighted by molar-refractivity contribution is 0.159. The van der Waals surface area contributed by atoms with Crippen molar-refractivity contribution in [1.82, 2.24) is 0 Å². The van der Waals surface area contributed by atoms with E-state index < -0.39 is 8.07 Å². The molecule has 16 heavy (non-hydrogen) atoms. The number of rotatable bonds is 7. The van der Waals surface area contributed by atoms with E-state index in [-0.39, 0.29) is 0 Å². The molecule has 96 valence electrons. The Labute approximate surface area is 102 Å². The average molecular weight is 244 g/mol. The normalized spacial score (nSPS) is 18.9. The van der Waals surface area contributed by atoms with Gasteiger partial charge in [-0.25, -0.2) is 0 Å². The van der Waals surface area contributed by atoms with Gasteiger partial charge in [-0.15, -0.1) is 0 Å². The topological polar surface area (TPSA) is 18.5 Å². The monoisotopic (exact) mass is 244 g/mol. The van der Waals surface area contributed by atoms with E-state index in [4.69, 9.17) is 9.47 Å². The first-order valence-electron chi connectivity index (χ1n) is 6.88. The van der Waals surface area contributed by atoms with Crippen LogP contribution in [0.3, 0.4) is 0 Å². The Hall–Kier alpha value is 0.137. The lowest BCUT2D eigenvalue weighted by Crippen LogP contribution is -2.48. The van der Waals surface area contributed by atoms with Crippen molar-refractivity contribution >= 4 is 8.07 Å². The van der Waals surface area contributed by atoms with Gasteiger partial charge in [0.15, 0.2) is 0 Å². The van der Waals surface area contributed by atoms with Crippen molar-refractivity contribution in [3.63, 3.8) is 0 Å². The third-order valence-electron chi connectivity index (χ3n) is 3.86. The molecule has 2 nitrogen and oxygen atoms in total. The van der Waals surface area contributed by atoms with Crippen molar-refractivity contribution in [2.75, 3.05) is 25.7 Å². The van der Waals surface area contributed by atoms with E-state index in [1.165, 1.54) is 32.1 Å². The predicted molar refractivity (Wildman–Crippen MR) is 71.4 cm³/mol. The van der Waals surface area contributed by atoms with Gasteiger partial charge in [0.2, 0.25) is 0 Å². The highest BCUT2D eigenvalue weighted by Crippen LogP contribution is 2.37. The molecular weight excluding hydrogens is 216 g/mol. The molecule has 0 unspecified atom stereocenters. The molecule has 0 heterocycles. The van der Waals surface area contributed by atoms with Crippen LogP contribution in [-0.2, 0) is 9.47 Å². The second-order valence-electron chi connectivity index (χ2n) is 5.26. The zero-order valence-corrected chi connectivity index (χ0v) is 12.3. The first kappa shape index (κ1) is 14.2. The van der Waals surface area contributed by atoms with Gasteiger partial charge in [0, 0.05) is 25.7 Å². The molecule has 1 rings (SSSR count). The highest BCUT2D eigenvalue weighted by Gasteiger charge is 2.37. The second-order valence-corrected chi connectivity index (χ2v) is 9.97. The van der Waals surface area contributed by atoms with E-state index >= 15 is 0 Å². The highest BCUT2D eigenvalue weighted by molar-refractivity contribution is 6.80. The van der Waals surface area contributed by atoms with Crippen LogP contribution in [0.4, 0.5) is 0 Å². The van der Waals surface area contributed by atoms with Crippen LogP contribution in [0, 0.1) is 0 Å². The summed E-state index contributed by atoms with van der Waals surface area (Å²) in [5.41, 5.74) is 0.930. The smallest absolute Gasteiger partial charge is 0.113 e. The van der Waals surface area contributed by atoms with Gasteiger partial charge in [-0.2, -0.15) is 0 Å². The van der Waals surface area contributed by atoms with E-state index in [9.17, 15) is 0 Å². The molecule has 0 aromatic carbocycles. The molecule has 0 amide bonds. The molecule has 0 saturated heterocycles. The number of hydrogen-bond donors (Lipinski definition) is 0. The van der Waals surface area contributed by atoms with Crippen molar-refractivity contribution in [1.29, 1.82) is 0 Å². The molecule has 1 fully saturated rings. The van der Waals surface area contributed by atoms with Gasteiger partial charge in [-0.1, -0.05) is 38.7 Å². The molecule has 0 atom stereocenters. The summed E-state index contributed by atoms with van der Waals surface area (Å²) in [6.07, 6.45) is 9.11. The standard InChI is InChI=1S/C13H28O2Si/c1-4-14-11-16(3,12-15-5-2)13-9-7-6-8-10-13/h13H,4-12H2,1-3H3. The van der Waals surface area contributed by atoms with Gasteiger partial charge in [-0.05, 0) is 19.4 Å². The molecule has 0 bridgehead atoms. The van der Waals surface area contributed by atoms with Crippen LogP contribution in [0.5, 0.6) is 0 Å². The largest absolute Gasteiger partial charge is 0.385 e. The lowest BCUT2D eigenvalue weighted by Gasteiger charge is -2.37. The van der Waals surface area contributed by atoms with Gasteiger partial charge < -0.3 is 9.47 Å². The first-order valence-corrected chi connectivity index (χ1v) is 9.87. The summed E-state index contributed by atoms with van der Waals surface area (Å²) >= 11 is 0. The maximum atomic E-state index is 5.73. The summed E-state index contributed by atoms with van der Waals surface area (Å²) in [6, 6.07) is 0. The SMILES string of the molecule is CCOC[Si](C)(COCC)C1CCCCC1. The molecule has 0 aliphatic heterocycles. The Morgan fingerprint density at radius 1 is 0.938 bits per heavy atom. The fourth-order valence-electron chi connectivity index (χ4n) is 2.75. The Morgan fingerprint density at radius 2 is 1.44 bits per heavy atom. The van der Waals surface area contributed by atoms with E-state index in [1.54, 1.807) is 0 Å². The van der Waals surface area contributed by atoms with Crippen molar-refractivity contribution < 1.29 is 9.47 Å². The molecule has 3 heteroatoms. The molecule has 0 aromatic heterocycles. The molecular formula is C13H28O2Si. The van der Waals surface area contributed by atoms with Crippen LogP contribution >= 0.6 is 0 Å². The van der Waals surface area contributed by atoms with Crippen LogP contribution in [0.25, 0.3) is 0 Å². The summed E-state index contributed by atoms with van der Waals surface area (Å²) in [6.45, 7) is 8.36. The fourth-order valence-corrected chi connectivity index (χ4v) is 6.45. The van der Waals surface area contributed by atoms with Crippen molar-refractivity contribution in [3.8, 4) is 0 Å². The summed E-state index contributed by atoms with van der Waals surface area (Å²) in [7, 11) is -1.33. The predicted octanol–water partition coefficient (Wildman–Crippen LogP) is 3.55. The Balaban J connectivity index is 2.51. The molecule has 0 spiro atoms. The Kier molecular flexibility index (Phi) is 6.62. The second kappa shape index (κ2) is 7.46. The van der Waals surface area contributed by atoms with E-state index in [0.717, 1.165) is 31.2 Å². The van der Waals surface area contributed by atoms with Crippen LogP contribution in [0.2, 0.25) is 12.1 Å². The average Bonchev–Trinajstić information content (AvgIpc) is 2.35. The van der Waals surface area contributed by atoms with Crippen LogP contribution < -0.4 is 0 Å². The van der Waals surface area contributed by atoms with Crippen LogP contribution in [0.1, 0.15) is 46.0 Å². The quantitative estimate of drug-likeness (QED) is 0.638. The number of hydrogen-bond acceptors (Lipinski definition) is 2. The van der Waals surface area contributed by atoms with Crippen LogP contribution in [-0.4, -0.2) is 33.7 Å². The summed E-state index contributed by atoms with van der Waals surface area (Å²) in [5, 5.41) is 0. The third-order valence-corrected chi connectivity index (χ3v) is 8.14. The maximum Gasteiger partial charge on any atom is 0.113 e. The molecule has 0 radical (unpaired) electrons. The summed E-state index contributed by atoms with van der Waals surface area (Å²) < 4.78 is 11.5. The first-order chi connectivity index (χ1) is 7.73. The van der Waals surface area contributed by atoms with Crippen molar-refractivity contribution in [2.45, 2.75) is 58.0 Å². The molecule has 0 aromatic rings. The minimum absolute atomic E-state index is 0.849. The van der Waals surface area contributed by atoms with Gasteiger partial charge in [0.1, 0.15) is 8.07 Å². The van der Waals surface area contributed by atoms with Crippen molar-refractivity contribution in [2.24, 2.45) is 0 Å². The zero-order valence-electron chi connectivity index (χ0n) is 11.3. The van der Waals surface area contributed by atoms with Crippen molar-refractivity contribution in [3.05, 3.63) is 0 Å². The minimum atomic E-state index is -1.33.